The quantitative estimate of drug-likeness (QED) is 0.867. The largest absolute Gasteiger partial charge is 0.389 e. The molecule has 146 valence electrons. The third kappa shape index (κ3) is 3.76. The third-order valence-electron chi connectivity index (χ3n) is 5.61. The van der Waals surface area contributed by atoms with Crippen LogP contribution in [0.1, 0.15) is 71.5 Å². The predicted molar refractivity (Wildman–Crippen MR) is 106 cm³/mol. The number of benzene rings is 1. The highest BCUT2D eigenvalue weighted by Crippen LogP contribution is 2.39. The van der Waals surface area contributed by atoms with Crippen molar-refractivity contribution in [1.29, 1.82) is 0 Å². The molecule has 1 fully saturated rings. The molecule has 0 bridgehead atoms. The van der Waals surface area contributed by atoms with Crippen LogP contribution in [0, 0.1) is 5.41 Å². The van der Waals surface area contributed by atoms with Crippen LogP contribution >= 0.6 is 0 Å². The minimum absolute atomic E-state index is 0.272. The van der Waals surface area contributed by atoms with Gasteiger partial charge in [-0.1, -0.05) is 59.1 Å². The fraction of sp³-hybridized carbons (Fsp3) is 0.571. The van der Waals surface area contributed by atoms with E-state index in [1.807, 2.05) is 13.0 Å². The summed E-state index contributed by atoms with van der Waals surface area (Å²) >= 11 is 0. The number of amides is 1. The molecule has 6 nitrogen and oxygen atoms in total. The number of aromatic nitrogens is 2. The SMILES string of the molecule is CC(c1nc2ccccc2c(=O)n1NC(=O)C(C)(C)C)C1(O)CCCCC1. The van der Waals surface area contributed by atoms with E-state index >= 15 is 0 Å². The van der Waals surface area contributed by atoms with Crippen LogP contribution in [0.3, 0.4) is 0 Å². The number of hydrogen-bond acceptors (Lipinski definition) is 4. The smallest absolute Gasteiger partial charge is 0.280 e. The van der Waals surface area contributed by atoms with Crippen LogP contribution in [0.25, 0.3) is 10.9 Å². The number of carbonyl (C=O) groups is 1. The summed E-state index contributed by atoms with van der Waals surface area (Å²) in [6, 6.07) is 7.09. The third-order valence-corrected chi connectivity index (χ3v) is 5.61. The average molecular weight is 371 g/mol. The second-order valence-corrected chi connectivity index (χ2v) is 8.70. The topological polar surface area (TPSA) is 84.2 Å². The van der Waals surface area contributed by atoms with Crippen molar-refractivity contribution in [2.75, 3.05) is 5.43 Å². The van der Waals surface area contributed by atoms with Crippen molar-refractivity contribution in [3.63, 3.8) is 0 Å². The Hall–Kier alpha value is -2.21. The zero-order valence-corrected chi connectivity index (χ0v) is 16.6. The molecule has 0 saturated heterocycles. The van der Waals surface area contributed by atoms with Crippen LogP contribution in [-0.2, 0) is 4.79 Å². The van der Waals surface area contributed by atoms with Gasteiger partial charge in [0, 0.05) is 11.3 Å². The lowest BCUT2D eigenvalue weighted by Gasteiger charge is -2.37. The van der Waals surface area contributed by atoms with Crippen molar-refractivity contribution in [3.8, 4) is 0 Å². The van der Waals surface area contributed by atoms with Gasteiger partial charge in [-0.05, 0) is 25.0 Å². The van der Waals surface area contributed by atoms with E-state index in [0.29, 0.717) is 29.6 Å². The summed E-state index contributed by atoms with van der Waals surface area (Å²) in [4.78, 5) is 30.4. The first-order valence-electron chi connectivity index (χ1n) is 9.69. The van der Waals surface area contributed by atoms with Gasteiger partial charge >= 0.3 is 0 Å². The molecule has 1 aromatic heterocycles. The highest BCUT2D eigenvalue weighted by Gasteiger charge is 2.39. The Morgan fingerprint density at radius 1 is 1.22 bits per heavy atom. The van der Waals surface area contributed by atoms with Crippen molar-refractivity contribution in [2.24, 2.45) is 5.41 Å². The second-order valence-electron chi connectivity index (χ2n) is 8.70. The van der Waals surface area contributed by atoms with Gasteiger partial charge in [0.1, 0.15) is 5.82 Å². The molecule has 27 heavy (non-hydrogen) atoms. The zero-order valence-electron chi connectivity index (χ0n) is 16.6. The van der Waals surface area contributed by atoms with Gasteiger partial charge in [-0.2, -0.15) is 0 Å². The number of nitrogens with one attached hydrogen (secondary N) is 1. The van der Waals surface area contributed by atoms with E-state index in [1.54, 1.807) is 39.0 Å². The first-order chi connectivity index (χ1) is 12.6. The fourth-order valence-corrected chi connectivity index (χ4v) is 3.65. The molecule has 0 aliphatic heterocycles. The monoisotopic (exact) mass is 371 g/mol. The van der Waals surface area contributed by atoms with E-state index in [9.17, 15) is 14.7 Å². The molecule has 3 rings (SSSR count). The molecule has 2 N–H and O–H groups in total. The van der Waals surface area contributed by atoms with Gasteiger partial charge < -0.3 is 5.11 Å². The standard InChI is InChI=1S/C21H29N3O3/c1-14(21(27)12-8-5-9-13-21)17-22-16-11-7-6-10-15(16)18(25)24(17)23-19(26)20(2,3)4/h6-7,10-11,14,27H,5,8-9,12-13H2,1-4H3,(H,23,26). The minimum atomic E-state index is -0.922. The summed E-state index contributed by atoms with van der Waals surface area (Å²) in [5.41, 5.74) is 1.41. The Bertz CT molecular complexity index is 905. The van der Waals surface area contributed by atoms with Crippen LogP contribution < -0.4 is 11.0 Å². The number of fused-ring (bicyclic) bond motifs is 1. The molecule has 1 aliphatic carbocycles. The van der Waals surface area contributed by atoms with Crippen molar-refractivity contribution < 1.29 is 9.90 Å². The van der Waals surface area contributed by atoms with E-state index in [1.165, 1.54) is 4.68 Å². The maximum atomic E-state index is 13.1. The van der Waals surface area contributed by atoms with Gasteiger partial charge in [-0.15, -0.1) is 0 Å². The molecule has 0 radical (unpaired) electrons. The maximum Gasteiger partial charge on any atom is 0.280 e. The van der Waals surface area contributed by atoms with Gasteiger partial charge in [0.15, 0.2) is 0 Å². The number of nitrogens with zero attached hydrogens (tertiary/aromatic N) is 2. The summed E-state index contributed by atoms with van der Waals surface area (Å²) in [7, 11) is 0. The molecule has 2 aromatic rings. The van der Waals surface area contributed by atoms with Gasteiger partial charge in [0.2, 0.25) is 5.91 Å². The molecule has 1 amide bonds. The Balaban J connectivity index is 2.16. The van der Waals surface area contributed by atoms with Crippen LogP contribution in [0.2, 0.25) is 0 Å². The molecule has 1 aromatic carbocycles. The van der Waals surface area contributed by atoms with Crippen molar-refractivity contribution in [2.45, 2.75) is 71.3 Å². The van der Waals surface area contributed by atoms with E-state index in [-0.39, 0.29) is 17.4 Å². The van der Waals surface area contributed by atoms with E-state index in [0.717, 1.165) is 19.3 Å². The van der Waals surface area contributed by atoms with E-state index < -0.39 is 11.0 Å². The van der Waals surface area contributed by atoms with Gasteiger partial charge in [0.05, 0.1) is 16.5 Å². The van der Waals surface area contributed by atoms with Crippen LogP contribution in [0.4, 0.5) is 0 Å². The highest BCUT2D eigenvalue weighted by atomic mass is 16.3. The summed E-state index contributed by atoms with van der Waals surface area (Å²) in [5, 5.41) is 11.6. The Morgan fingerprint density at radius 2 is 1.85 bits per heavy atom. The molecular formula is C21H29N3O3. The normalized spacial score (nSPS) is 18.3. The Kier molecular flexibility index (Phi) is 5.12. The van der Waals surface area contributed by atoms with Crippen molar-refractivity contribution >= 4 is 16.8 Å². The van der Waals surface area contributed by atoms with Gasteiger partial charge in [-0.3, -0.25) is 15.0 Å². The first kappa shape index (κ1) is 19.5. The van der Waals surface area contributed by atoms with E-state index in [2.05, 4.69) is 10.4 Å². The number of hydrogen-bond donors (Lipinski definition) is 2. The Morgan fingerprint density at radius 3 is 2.48 bits per heavy atom. The fourth-order valence-electron chi connectivity index (χ4n) is 3.65. The number of aliphatic hydroxyl groups is 1. The number of rotatable bonds is 3. The molecule has 1 heterocycles. The number of carbonyl (C=O) groups excluding carboxylic acids is 1. The molecule has 1 unspecified atom stereocenters. The molecule has 0 spiro atoms. The summed E-state index contributed by atoms with van der Waals surface area (Å²) < 4.78 is 1.24. The lowest BCUT2D eigenvalue weighted by Crippen LogP contribution is -2.45. The number of para-hydroxylation sites is 1. The van der Waals surface area contributed by atoms with E-state index in [4.69, 9.17) is 0 Å². The molecule has 1 saturated carbocycles. The average Bonchev–Trinajstić information content (AvgIpc) is 2.63. The molecule has 1 atom stereocenters. The maximum absolute atomic E-state index is 13.1. The lowest BCUT2D eigenvalue weighted by atomic mass is 9.76. The second kappa shape index (κ2) is 7.08. The Labute approximate surface area is 159 Å². The van der Waals surface area contributed by atoms with Crippen molar-refractivity contribution in [3.05, 3.63) is 40.4 Å². The molecule has 1 aliphatic rings. The van der Waals surface area contributed by atoms with Crippen molar-refractivity contribution in [1.82, 2.24) is 9.66 Å². The van der Waals surface area contributed by atoms with Crippen LogP contribution in [0.5, 0.6) is 0 Å². The molecular weight excluding hydrogens is 342 g/mol. The molecule has 6 heteroatoms. The first-order valence-corrected chi connectivity index (χ1v) is 9.69. The summed E-state index contributed by atoms with van der Waals surface area (Å²) in [6.45, 7) is 7.26. The van der Waals surface area contributed by atoms with Gasteiger partial charge in [-0.25, -0.2) is 9.66 Å². The summed E-state index contributed by atoms with van der Waals surface area (Å²) in [5.74, 6) is -0.248. The minimum Gasteiger partial charge on any atom is -0.389 e. The zero-order chi connectivity index (χ0) is 19.8. The van der Waals surface area contributed by atoms with Crippen LogP contribution in [0.15, 0.2) is 29.1 Å². The van der Waals surface area contributed by atoms with Crippen LogP contribution in [-0.4, -0.2) is 26.3 Å². The lowest BCUT2D eigenvalue weighted by molar-refractivity contribution is -0.124. The van der Waals surface area contributed by atoms with Gasteiger partial charge in [0.25, 0.3) is 5.56 Å². The summed E-state index contributed by atoms with van der Waals surface area (Å²) in [6.07, 6.45) is 4.35. The highest BCUT2D eigenvalue weighted by molar-refractivity contribution is 5.89. The predicted octanol–water partition coefficient (Wildman–Crippen LogP) is 3.31.